The lowest BCUT2D eigenvalue weighted by Gasteiger charge is -2.19. The van der Waals surface area contributed by atoms with Gasteiger partial charge in [-0.3, -0.25) is 9.36 Å². The lowest BCUT2D eigenvalue weighted by molar-refractivity contribution is -0.137. The van der Waals surface area contributed by atoms with Gasteiger partial charge in [-0.05, 0) is 41.3 Å². The van der Waals surface area contributed by atoms with Crippen molar-refractivity contribution in [3.63, 3.8) is 0 Å². The lowest BCUT2D eigenvalue weighted by atomic mass is 9.99. The summed E-state index contributed by atoms with van der Waals surface area (Å²) >= 11 is 1.20. The van der Waals surface area contributed by atoms with Crippen molar-refractivity contribution >= 4 is 17.7 Å². The van der Waals surface area contributed by atoms with Gasteiger partial charge in [0, 0.05) is 6.42 Å². The number of alkyl halides is 3. The fourth-order valence-electron chi connectivity index (χ4n) is 4.99. The van der Waals surface area contributed by atoms with Crippen molar-refractivity contribution in [2.24, 2.45) is 0 Å². The van der Waals surface area contributed by atoms with E-state index in [1.807, 2.05) is 91.0 Å². The third kappa shape index (κ3) is 7.55. The van der Waals surface area contributed by atoms with Crippen molar-refractivity contribution in [3.05, 3.63) is 161 Å². The topological polar surface area (TPSA) is 85.8 Å². The number of rotatable bonds is 11. The summed E-state index contributed by atoms with van der Waals surface area (Å²) in [6.07, 6.45) is -2.26. The van der Waals surface area contributed by atoms with E-state index in [9.17, 15) is 18.0 Å². The molecule has 0 aliphatic carbocycles. The highest BCUT2D eigenvalue weighted by Gasteiger charge is 2.31. The second-order valence-corrected chi connectivity index (χ2v) is 11.4. The van der Waals surface area contributed by atoms with E-state index in [-0.39, 0.29) is 35.0 Å². The Kier molecular flexibility index (Phi) is 9.30. The van der Waals surface area contributed by atoms with Crippen LogP contribution >= 0.6 is 11.8 Å². The number of carbonyl (C=O) groups excluding carboxylic acids is 1. The maximum atomic E-state index is 13.6. The van der Waals surface area contributed by atoms with Gasteiger partial charge in [-0.25, -0.2) is 4.98 Å². The fourth-order valence-corrected chi connectivity index (χ4v) is 5.82. The predicted molar refractivity (Wildman–Crippen MR) is 168 cm³/mol. The van der Waals surface area contributed by atoms with Gasteiger partial charge in [0.25, 0.3) is 5.91 Å². The van der Waals surface area contributed by atoms with Crippen LogP contribution in [0.5, 0.6) is 0 Å². The van der Waals surface area contributed by atoms with Crippen molar-refractivity contribution in [1.29, 1.82) is 0 Å². The van der Waals surface area contributed by atoms with E-state index in [4.69, 9.17) is 4.42 Å². The second-order valence-electron chi connectivity index (χ2n) is 10.5. The van der Waals surface area contributed by atoms with E-state index in [1.165, 1.54) is 24.1 Å². The molecule has 6 rings (SSSR count). The Bertz CT molecular complexity index is 1890. The molecule has 0 radical (unpaired) electrons. The molecule has 0 bridgehead atoms. The number of amides is 1. The minimum absolute atomic E-state index is 0.119. The minimum atomic E-state index is -4.51. The monoisotopic (exact) mass is 639 g/mol. The largest absolute Gasteiger partial charge is 0.447 e. The molecule has 0 aliphatic rings. The molecule has 7 nitrogen and oxygen atoms in total. The molecule has 0 fully saturated rings. The molecule has 1 amide bonds. The zero-order valence-electron chi connectivity index (χ0n) is 24.4. The molecule has 1 atom stereocenters. The summed E-state index contributed by atoms with van der Waals surface area (Å²) in [6, 6.07) is 33.8. The van der Waals surface area contributed by atoms with E-state index in [1.54, 1.807) is 10.6 Å². The van der Waals surface area contributed by atoms with E-state index >= 15 is 0 Å². The SMILES string of the molecule is O=C(NC(Cc1ccccc1)c1ccccc1)c1coc(CSc2nnc(Cc3ccccc3)n2-c2cccc(C(F)(F)F)c2)n1. The van der Waals surface area contributed by atoms with E-state index in [2.05, 4.69) is 20.5 Å². The lowest BCUT2D eigenvalue weighted by Crippen LogP contribution is -2.30. The summed E-state index contributed by atoms with van der Waals surface area (Å²) in [5.74, 6) is 0.521. The van der Waals surface area contributed by atoms with Crippen LogP contribution < -0.4 is 5.32 Å². The van der Waals surface area contributed by atoms with Gasteiger partial charge in [-0.15, -0.1) is 10.2 Å². The molecule has 1 N–H and O–H groups in total. The minimum Gasteiger partial charge on any atom is -0.447 e. The molecular formula is C35H28F3N5O2S. The first-order valence-corrected chi connectivity index (χ1v) is 15.4. The van der Waals surface area contributed by atoms with Gasteiger partial charge in [0.15, 0.2) is 10.9 Å². The highest BCUT2D eigenvalue weighted by Crippen LogP contribution is 2.32. The molecule has 0 spiro atoms. The normalized spacial score (nSPS) is 12.2. The first kappa shape index (κ1) is 30.8. The zero-order valence-corrected chi connectivity index (χ0v) is 25.2. The maximum absolute atomic E-state index is 13.6. The number of aromatic nitrogens is 4. The first-order chi connectivity index (χ1) is 22.3. The Hall–Kier alpha value is -5.16. The molecule has 4 aromatic carbocycles. The number of benzene rings is 4. The number of nitrogens with one attached hydrogen (secondary N) is 1. The van der Waals surface area contributed by atoms with Crippen LogP contribution in [0.15, 0.2) is 131 Å². The molecule has 0 aliphatic heterocycles. The van der Waals surface area contributed by atoms with Gasteiger partial charge < -0.3 is 9.73 Å². The number of halogens is 3. The van der Waals surface area contributed by atoms with Gasteiger partial charge in [0.1, 0.15) is 12.1 Å². The molecule has 2 heterocycles. The number of thioether (sulfide) groups is 1. The average Bonchev–Trinajstić information content (AvgIpc) is 3.72. The molecule has 0 saturated carbocycles. The van der Waals surface area contributed by atoms with Crippen LogP contribution in [-0.2, 0) is 24.8 Å². The van der Waals surface area contributed by atoms with Crippen molar-refractivity contribution in [2.75, 3.05) is 0 Å². The number of nitrogens with zero attached hydrogens (tertiary/aromatic N) is 4. The predicted octanol–water partition coefficient (Wildman–Crippen LogP) is 7.87. The van der Waals surface area contributed by atoms with E-state index in [0.29, 0.717) is 23.8 Å². The third-order valence-electron chi connectivity index (χ3n) is 7.24. The van der Waals surface area contributed by atoms with Gasteiger partial charge in [-0.2, -0.15) is 13.2 Å². The molecule has 46 heavy (non-hydrogen) atoms. The Morgan fingerprint density at radius 1 is 0.848 bits per heavy atom. The third-order valence-corrected chi connectivity index (χ3v) is 8.15. The van der Waals surface area contributed by atoms with Gasteiger partial charge >= 0.3 is 6.18 Å². The highest BCUT2D eigenvalue weighted by molar-refractivity contribution is 7.98. The summed E-state index contributed by atoms with van der Waals surface area (Å²) < 4.78 is 48.0. The van der Waals surface area contributed by atoms with Gasteiger partial charge in [0.05, 0.1) is 23.0 Å². The van der Waals surface area contributed by atoms with Gasteiger partial charge in [0.2, 0.25) is 5.89 Å². The zero-order chi connectivity index (χ0) is 31.9. The Labute approximate surface area is 267 Å². The Balaban J connectivity index is 1.20. The van der Waals surface area contributed by atoms with Crippen molar-refractivity contribution in [1.82, 2.24) is 25.1 Å². The van der Waals surface area contributed by atoms with Crippen LogP contribution in [0.2, 0.25) is 0 Å². The van der Waals surface area contributed by atoms with Crippen LogP contribution in [0.25, 0.3) is 5.69 Å². The van der Waals surface area contributed by atoms with Gasteiger partial charge in [-0.1, -0.05) is 109 Å². The molecule has 2 aromatic heterocycles. The van der Waals surface area contributed by atoms with Crippen molar-refractivity contribution in [2.45, 2.75) is 36.0 Å². The van der Waals surface area contributed by atoms with Crippen LogP contribution in [0.3, 0.4) is 0 Å². The summed E-state index contributed by atoms with van der Waals surface area (Å²) in [5, 5.41) is 12.0. The molecule has 1 unspecified atom stereocenters. The first-order valence-electron chi connectivity index (χ1n) is 14.5. The summed E-state index contributed by atoms with van der Waals surface area (Å²) in [4.78, 5) is 17.7. The standard InChI is InChI=1S/C35H28F3N5O2S/c36-35(37,38)27-17-10-18-28(21-27)43-31(20-25-13-6-2-7-14-25)41-42-34(43)46-23-32-39-30(22-45-32)33(44)40-29(26-15-8-3-9-16-26)19-24-11-4-1-5-12-24/h1-18,21-22,29H,19-20,23H2,(H,40,44). The van der Waals surface area contributed by atoms with Crippen LogP contribution in [0.4, 0.5) is 13.2 Å². The second kappa shape index (κ2) is 13.9. The smallest absolute Gasteiger partial charge is 0.416 e. The fraction of sp³-hybridized carbons (Fsp3) is 0.143. The highest BCUT2D eigenvalue weighted by atomic mass is 32.2. The van der Waals surface area contributed by atoms with Crippen LogP contribution in [0.1, 0.15) is 50.5 Å². The molecule has 232 valence electrons. The van der Waals surface area contributed by atoms with Crippen LogP contribution in [0, 0.1) is 0 Å². The van der Waals surface area contributed by atoms with E-state index in [0.717, 1.165) is 28.8 Å². The Morgan fingerprint density at radius 3 is 2.22 bits per heavy atom. The molecule has 6 aromatic rings. The number of hydrogen-bond donors (Lipinski definition) is 1. The number of hydrogen-bond acceptors (Lipinski definition) is 6. The summed E-state index contributed by atoms with van der Waals surface area (Å²) in [5.41, 5.74) is 2.60. The van der Waals surface area contributed by atoms with Crippen molar-refractivity contribution < 1.29 is 22.4 Å². The van der Waals surface area contributed by atoms with E-state index < -0.39 is 11.7 Å². The average molecular weight is 640 g/mol. The molecule has 0 saturated heterocycles. The van der Waals surface area contributed by atoms with Crippen molar-refractivity contribution in [3.8, 4) is 5.69 Å². The molecular weight excluding hydrogens is 611 g/mol. The quantitative estimate of drug-likeness (QED) is 0.145. The van der Waals surface area contributed by atoms with Crippen LogP contribution in [-0.4, -0.2) is 25.7 Å². The summed E-state index contributed by atoms with van der Waals surface area (Å²) in [6.45, 7) is 0. The number of carbonyl (C=O) groups is 1. The number of oxazole rings is 1. The maximum Gasteiger partial charge on any atom is 0.416 e. The molecule has 11 heteroatoms. The Morgan fingerprint density at radius 2 is 1.52 bits per heavy atom. The summed E-state index contributed by atoms with van der Waals surface area (Å²) in [7, 11) is 0.